The van der Waals surface area contributed by atoms with E-state index in [0.29, 0.717) is 12.4 Å². The lowest BCUT2D eigenvalue weighted by Gasteiger charge is -2.07. The summed E-state index contributed by atoms with van der Waals surface area (Å²) >= 11 is 0. The van der Waals surface area contributed by atoms with Crippen LogP contribution in [0.25, 0.3) is 0 Å². The second-order valence-electron chi connectivity index (χ2n) is 2.52. The molecule has 4 heteroatoms. The van der Waals surface area contributed by atoms with Gasteiger partial charge >= 0.3 is 0 Å². The second kappa shape index (κ2) is 4.18. The van der Waals surface area contributed by atoms with Gasteiger partial charge in [0.15, 0.2) is 6.30 Å². The largest absolute Gasteiger partial charge is 0.494 e. The Kier molecular flexibility index (Phi) is 3.19. The Balaban J connectivity index is 2.92. The van der Waals surface area contributed by atoms with E-state index in [4.69, 9.17) is 10.5 Å². The molecule has 0 spiro atoms. The van der Waals surface area contributed by atoms with Crippen LogP contribution >= 0.6 is 0 Å². The van der Waals surface area contributed by atoms with Crippen molar-refractivity contribution in [1.29, 1.82) is 0 Å². The van der Waals surface area contributed by atoms with Crippen molar-refractivity contribution in [3.05, 3.63) is 29.6 Å². The van der Waals surface area contributed by atoms with Crippen LogP contribution in [-0.4, -0.2) is 6.61 Å². The van der Waals surface area contributed by atoms with Crippen LogP contribution in [0, 0.1) is 5.82 Å². The van der Waals surface area contributed by atoms with Crippen molar-refractivity contribution in [3.63, 3.8) is 0 Å². The molecule has 1 unspecified atom stereocenters. The van der Waals surface area contributed by atoms with Gasteiger partial charge in [-0.05, 0) is 19.1 Å². The Morgan fingerprint density at radius 3 is 2.69 bits per heavy atom. The van der Waals surface area contributed by atoms with E-state index in [0.717, 1.165) is 6.07 Å². The third kappa shape index (κ3) is 2.39. The van der Waals surface area contributed by atoms with Crippen molar-refractivity contribution in [2.45, 2.75) is 13.2 Å². The van der Waals surface area contributed by atoms with Crippen molar-refractivity contribution in [1.82, 2.24) is 0 Å². The Labute approximate surface area is 75.3 Å². The van der Waals surface area contributed by atoms with Gasteiger partial charge < -0.3 is 4.74 Å². The quantitative estimate of drug-likeness (QED) is 0.736. The summed E-state index contributed by atoms with van der Waals surface area (Å²) in [5, 5.41) is 0. The van der Waals surface area contributed by atoms with Crippen molar-refractivity contribution >= 4 is 0 Å². The summed E-state index contributed by atoms with van der Waals surface area (Å²) in [6.45, 7) is 2.23. The standard InChI is InChI=1S/C9H11F2NO/c1-2-13-6-3-4-7(9(11)12)8(10)5-6/h3-5,9H,2,12H2,1H3. The molecule has 0 fully saturated rings. The SMILES string of the molecule is CCOc1ccc(C(N)F)c(F)c1. The Morgan fingerprint density at radius 2 is 2.23 bits per heavy atom. The van der Waals surface area contributed by atoms with Gasteiger partial charge in [0.2, 0.25) is 0 Å². The first-order valence-corrected chi connectivity index (χ1v) is 3.97. The lowest BCUT2D eigenvalue weighted by Crippen LogP contribution is -2.06. The molecule has 1 atom stereocenters. The van der Waals surface area contributed by atoms with E-state index in [1.807, 2.05) is 0 Å². The molecule has 1 aromatic rings. The molecule has 0 saturated heterocycles. The summed E-state index contributed by atoms with van der Waals surface area (Å²) in [6, 6.07) is 3.89. The number of ether oxygens (including phenoxy) is 1. The normalized spacial score (nSPS) is 12.6. The Morgan fingerprint density at radius 1 is 1.54 bits per heavy atom. The highest BCUT2D eigenvalue weighted by molar-refractivity contribution is 5.29. The number of benzene rings is 1. The number of nitrogens with two attached hydrogens (primary N) is 1. The van der Waals surface area contributed by atoms with E-state index in [9.17, 15) is 8.78 Å². The summed E-state index contributed by atoms with van der Waals surface area (Å²) in [5.41, 5.74) is 4.74. The van der Waals surface area contributed by atoms with E-state index in [-0.39, 0.29) is 5.56 Å². The van der Waals surface area contributed by atoms with Gasteiger partial charge in [-0.15, -0.1) is 0 Å². The fourth-order valence-electron chi connectivity index (χ4n) is 0.988. The molecular formula is C9H11F2NO. The van der Waals surface area contributed by atoms with Crippen LogP contribution in [0.1, 0.15) is 18.8 Å². The Bertz CT molecular complexity index is 289. The first kappa shape index (κ1) is 9.92. The van der Waals surface area contributed by atoms with Crippen molar-refractivity contribution in [2.24, 2.45) is 5.73 Å². The molecule has 0 aliphatic carbocycles. The number of rotatable bonds is 3. The molecule has 2 nitrogen and oxygen atoms in total. The first-order valence-electron chi connectivity index (χ1n) is 3.97. The molecule has 0 saturated carbocycles. The minimum Gasteiger partial charge on any atom is -0.494 e. The van der Waals surface area contributed by atoms with Crippen LogP contribution in [0.15, 0.2) is 18.2 Å². The second-order valence-corrected chi connectivity index (χ2v) is 2.52. The molecule has 13 heavy (non-hydrogen) atoms. The molecule has 0 amide bonds. The maximum atomic E-state index is 13.0. The van der Waals surface area contributed by atoms with E-state index in [1.165, 1.54) is 12.1 Å². The molecule has 0 heterocycles. The highest BCUT2D eigenvalue weighted by Crippen LogP contribution is 2.21. The van der Waals surface area contributed by atoms with E-state index < -0.39 is 12.1 Å². The monoisotopic (exact) mass is 187 g/mol. The number of halogens is 2. The lowest BCUT2D eigenvalue weighted by molar-refractivity contribution is 0.329. The van der Waals surface area contributed by atoms with Crippen LogP contribution in [0.2, 0.25) is 0 Å². The van der Waals surface area contributed by atoms with Crippen LogP contribution in [-0.2, 0) is 0 Å². The molecule has 0 radical (unpaired) electrons. The number of hydrogen-bond acceptors (Lipinski definition) is 2. The van der Waals surface area contributed by atoms with Gasteiger partial charge in [0.05, 0.1) is 6.61 Å². The van der Waals surface area contributed by atoms with Crippen LogP contribution in [0.4, 0.5) is 8.78 Å². The summed E-state index contributed by atoms with van der Waals surface area (Å²) in [7, 11) is 0. The minimum absolute atomic E-state index is 0.150. The van der Waals surface area contributed by atoms with Gasteiger partial charge in [0.25, 0.3) is 0 Å². The summed E-state index contributed by atoms with van der Waals surface area (Å²) < 4.78 is 30.6. The van der Waals surface area contributed by atoms with Crippen molar-refractivity contribution < 1.29 is 13.5 Å². The molecule has 0 aliphatic heterocycles. The van der Waals surface area contributed by atoms with E-state index in [1.54, 1.807) is 6.92 Å². The molecule has 0 aliphatic rings. The number of hydrogen-bond donors (Lipinski definition) is 1. The fraction of sp³-hybridized carbons (Fsp3) is 0.333. The summed E-state index contributed by atoms with van der Waals surface area (Å²) in [5.74, 6) is -0.301. The zero-order chi connectivity index (χ0) is 9.84. The smallest absolute Gasteiger partial charge is 0.177 e. The predicted octanol–water partition coefficient (Wildman–Crippen LogP) is 2.15. The van der Waals surface area contributed by atoms with Gasteiger partial charge in [-0.3, -0.25) is 5.73 Å². The topological polar surface area (TPSA) is 35.2 Å². The Hall–Kier alpha value is -1.16. The molecular weight excluding hydrogens is 176 g/mol. The van der Waals surface area contributed by atoms with Crippen molar-refractivity contribution in [3.8, 4) is 5.75 Å². The molecule has 0 bridgehead atoms. The summed E-state index contributed by atoms with van der Waals surface area (Å²) in [4.78, 5) is 0. The van der Waals surface area contributed by atoms with Crippen LogP contribution in [0.3, 0.4) is 0 Å². The zero-order valence-corrected chi connectivity index (χ0v) is 7.26. The van der Waals surface area contributed by atoms with E-state index in [2.05, 4.69) is 0 Å². The lowest BCUT2D eigenvalue weighted by atomic mass is 10.2. The van der Waals surface area contributed by atoms with Crippen molar-refractivity contribution in [2.75, 3.05) is 6.61 Å². The van der Waals surface area contributed by atoms with Gasteiger partial charge in [-0.25, -0.2) is 8.78 Å². The van der Waals surface area contributed by atoms with Gasteiger partial charge in [0.1, 0.15) is 11.6 Å². The third-order valence-corrected chi connectivity index (χ3v) is 1.58. The molecule has 72 valence electrons. The van der Waals surface area contributed by atoms with Gasteiger partial charge in [-0.1, -0.05) is 0 Å². The molecule has 1 rings (SSSR count). The van der Waals surface area contributed by atoms with E-state index >= 15 is 0 Å². The zero-order valence-electron chi connectivity index (χ0n) is 7.26. The molecule has 1 aromatic carbocycles. The number of alkyl halides is 1. The van der Waals surface area contributed by atoms with Gasteiger partial charge in [-0.2, -0.15) is 0 Å². The van der Waals surface area contributed by atoms with Crippen LogP contribution in [0.5, 0.6) is 5.75 Å². The highest BCUT2D eigenvalue weighted by atomic mass is 19.1. The highest BCUT2D eigenvalue weighted by Gasteiger charge is 2.10. The predicted molar refractivity (Wildman–Crippen MR) is 45.6 cm³/mol. The fourth-order valence-corrected chi connectivity index (χ4v) is 0.988. The maximum absolute atomic E-state index is 13.0. The average molecular weight is 187 g/mol. The molecule has 0 aromatic heterocycles. The van der Waals surface area contributed by atoms with Gasteiger partial charge in [0, 0.05) is 11.6 Å². The van der Waals surface area contributed by atoms with Crippen LogP contribution < -0.4 is 10.5 Å². The first-order chi connectivity index (χ1) is 6.15. The average Bonchev–Trinajstić information content (AvgIpc) is 2.04. The summed E-state index contributed by atoms with van der Waals surface area (Å²) in [6.07, 6.45) is -1.78. The minimum atomic E-state index is -1.78. The maximum Gasteiger partial charge on any atom is 0.177 e. The molecule has 2 N–H and O–H groups in total. The third-order valence-electron chi connectivity index (χ3n) is 1.58.